The van der Waals surface area contributed by atoms with Gasteiger partial charge in [0.25, 0.3) is 0 Å². The number of likely N-dealkylation sites (tertiary alicyclic amines) is 1. The molecule has 0 radical (unpaired) electrons. The Morgan fingerprint density at radius 2 is 2.03 bits per heavy atom. The van der Waals surface area contributed by atoms with Crippen molar-refractivity contribution in [2.24, 2.45) is 0 Å². The van der Waals surface area contributed by atoms with Gasteiger partial charge in [0, 0.05) is 13.1 Å². The van der Waals surface area contributed by atoms with Gasteiger partial charge in [0.15, 0.2) is 11.5 Å². The van der Waals surface area contributed by atoms with Crippen molar-refractivity contribution < 1.29 is 14.3 Å². The number of nitrogens with zero attached hydrogens (tertiary/aromatic N) is 2. The molecule has 1 aromatic heterocycles. The Bertz CT molecular complexity index is 968. The summed E-state index contributed by atoms with van der Waals surface area (Å²) in [5.74, 6) is 2.26. The van der Waals surface area contributed by atoms with Crippen LogP contribution in [-0.2, 0) is 6.42 Å². The van der Waals surface area contributed by atoms with Crippen molar-refractivity contribution in [2.75, 3.05) is 27.3 Å². The van der Waals surface area contributed by atoms with E-state index in [1.54, 1.807) is 14.2 Å². The number of imidazole rings is 1. The summed E-state index contributed by atoms with van der Waals surface area (Å²) in [4.78, 5) is 22.7. The summed E-state index contributed by atoms with van der Waals surface area (Å²) in [6.45, 7) is 1.29. The lowest BCUT2D eigenvalue weighted by Gasteiger charge is -2.23. The Kier molecular flexibility index (Phi) is 5.55. The molecule has 1 aliphatic heterocycles. The fourth-order valence-corrected chi connectivity index (χ4v) is 3.88. The molecule has 0 unspecified atom stereocenters. The average Bonchev–Trinajstić information content (AvgIpc) is 3.40. The summed E-state index contributed by atoms with van der Waals surface area (Å²) in [6, 6.07) is 13.7. The van der Waals surface area contributed by atoms with Crippen LogP contribution in [0.25, 0.3) is 11.0 Å². The van der Waals surface area contributed by atoms with Gasteiger partial charge in [-0.25, -0.2) is 9.78 Å². The van der Waals surface area contributed by atoms with Crippen LogP contribution >= 0.6 is 0 Å². The summed E-state index contributed by atoms with van der Waals surface area (Å²) in [7, 11) is 3.24. The molecule has 1 saturated heterocycles. The van der Waals surface area contributed by atoms with Crippen molar-refractivity contribution in [3.8, 4) is 11.5 Å². The molecule has 7 heteroatoms. The number of methoxy groups -OCH3 is 2. The molecule has 29 heavy (non-hydrogen) atoms. The van der Waals surface area contributed by atoms with Crippen molar-refractivity contribution in [2.45, 2.75) is 25.3 Å². The van der Waals surface area contributed by atoms with E-state index in [4.69, 9.17) is 9.47 Å². The SMILES string of the molecule is COc1ccc(CCNC(=O)N2CCC[C@H]2c2nc3ccccc3[nH]2)cc1OC. The minimum absolute atomic E-state index is 0.0107. The van der Waals surface area contributed by atoms with Gasteiger partial charge in [-0.2, -0.15) is 0 Å². The zero-order valence-corrected chi connectivity index (χ0v) is 16.8. The van der Waals surface area contributed by atoms with E-state index in [1.165, 1.54) is 0 Å². The average molecular weight is 394 g/mol. The second-order valence-electron chi connectivity index (χ2n) is 7.16. The first-order valence-corrected chi connectivity index (χ1v) is 9.89. The highest BCUT2D eigenvalue weighted by molar-refractivity contribution is 5.77. The maximum absolute atomic E-state index is 12.8. The number of H-pyrrole nitrogens is 1. The molecule has 2 N–H and O–H groups in total. The minimum Gasteiger partial charge on any atom is -0.493 e. The van der Waals surface area contributed by atoms with Gasteiger partial charge in [0.1, 0.15) is 5.82 Å². The number of ether oxygens (including phenoxy) is 2. The first-order chi connectivity index (χ1) is 14.2. The van der Waals surface area contributed by atoms with E-state index in [0.29, 0.717) is 18.0 Å². The van der Waals surface area contributed by atoms with E-state index in [-0.39, 0.29) is 12.1 Å². The molecule has 0 aliphatic carbocycles. The van der Waals surface area contributed by atoms with Gasteiger partial charge in [0.2, 0.25) is 0 Å². The third-order valence-corrected chi connectivity index (χ3v) is 5.37. The summed E-state index contributed by atoms with van der Waals surface area (Å²) < 4.78 is 10.6. The summed E-state index contributed by atoms with van der Waals surface area (Å²) >= 11 is 0. The Hall–Kier alpha value is -3.22. The van der Waals surface area contributed by atoms with E-state index >= 15 is 0 Å². The lowest BCUT2D eigenvalue weighted by atomic mass is 10.1. The van der Waals surface area contributed by atoms with Crippen LogP contribution in [0, 0.1) is 0 Å². The van der Waals surface area contributed by atoms with Gasteiger partial charge >= 0.3 is 6.03 Å². The molecule has 1 aliphatic rings. The van der Waals surface area contributed by atoms with E-state index < -0.39 is 0 Å². The van der Waals surface area contributed by atoms with Gasteiger partial charge in [0.05, 0.1) is 31.3 Å². The molecule has 7 nitrogen and oxygen atoms in total. The van der Waals surface area contributed by atoms with Crippen molar-refractivity contribution in [3.05, 3.63) is 53.9 Å². The van der Waals surface area contributed by atoms with Crippen molar-refractivity contribution in [3.63, 3.8) is 0 Å². The molecule has 2 amide bonds. The van der Waals surface area contributed by atoms with E-state index in [9.17, 15) is 4.79 Å². The third-order valence-electron chi connectivity index (χ3n) is 5.37. The Morgan fingerprint density at radius 1 is 1.21 bits per heavy atom. The molecule has 152 valence electrons. The largest absolute Gasteiger partial charge is 0.493 e. The van der Waals surface area contributed by atoms with Gasteiger partial charge in [-0.1, -0.05) is 18.2 Å². The predicted molar refractivity (Wildman–Crippen MR) is 111 cm³/mol. The number of fused-ring (bicyclic) bond motifs is 1. The lowest BCUT2D eigenvalue weighted by Crippen LogP contribution is -2.40. The monoisotopic (exact) mass is 394 g/mol. The number of hydrogen-bond donors (Lipinski definition) is 2. The molecule has 2 heterocycles. The second-order valence-corrected chi connectivity index (χ2v) is 7.16. The Labute approximate surface area is 170 Å². The van der Waals surface area contributed by atoms with Crippen molar-refractivity contribution >= 4 is 17.1 Å². The van der Waals surface area contributed by atoms with E-state index in [0.717, 1.165) is 48.2 Å². The molecular weight excluding hydrogens is 368 g/mol. The van der Waals surface area contributed by atoms with Gasteiger partial charge in [-0.3, -0.25) is 0 Å². The molecular formula is C22H26N4O3. The van der Waals surface area contributed by atoms with E-state index in [1.807, 2.05) is 47.4 Å². The fourth-order valence-electron chi connectivity index (χ4n) is 3.88. The van der Waals surface area contributed by atoms with Crippen LogP contribution in [0.15, 0.2) is 42.5 Å². The number of rotatable bonds is 6. The Balaban J connectivity index is 1.37. The summed E-state index contributed by atoms with van der Waals surface area (Å²) in [6.07, 6.45) is 2.61. The number of aromatic nitrogens is 2. The van der Waals surface area contributed by atoms with Crippen LogP contribution in [0.4, 0.5) is 4.79 Å². The highest BCUT2D eigenvalue weighted by atomic mass is 16.5. The normalized spacial score (nSPS) is 16.2. The smallest absolute Gasteiger partial charge is 0.318 e. The number of para-hydroxylation sites is 2. The topological polar surface area (TPSA) is 79.5 Å². The lowest BCUT2D eigenvalue weighted by molar-refractivity contribution is 0.191. The third kappa shape index (κ3) is 3.99. The highest BCUT2D eigenvalue weighted by Crippen LogP contribution is 2.31. The van der Waals surface area contributed by atoms with Crippen molar-refractivity contribution in [1.82, 2.24) is 20.2 Å². The molecule has 3 aromatic rings. The summed E-state index contributed by atoms with van der Waals surface area (Å²) in [5, 5.41) is 3.05. The number of nitrogens with one attached hydrogen (secondary N) is 2. The first kappa shape index (κ1) is 19.1. The molecule has 0 spiro atoms. The van der Waals surface area contributed by atoms with Crippen LogP contribution in [0.5, 0.6) is 11.5 Å². The molecule has 4 rings (SSSR count). The number of amides is 2. The highest BCUT2D eigenvalue weighted by Gasteiger charge is 2.32. The zero-order chi connectivity index (χ0) is 20.2. The maximum atomic E-state index is 12.8. The van der Waals surface area contributed by atoms with Crippen LogP contribution < -0.4 is 14.8 Å². The minimum atomic E-state index is -0.0477. The number of carbonyl (C=O) groups is 1. The zero-order valence-electron chi connectivity index (χ0n) is 16.8. The molecule has 1 atom stereocenters. The van der Waals surface area contributed by atoms with Gasteiger partial charge in [-0.05, 0) is 49.1 Å². The molecule has 1 fully saturated rings. The second kappa shape index (κ2) is 8.43. The number of carbonyl (C=O) groups excluding carboxylic acids is 1. The van der Waals surface area contributed by atoms with Crippen LogP contribution in [0.2, 0.25) is 0 Å². The standard InChI is InChI=1S/C22H26N4O3/c1-28-19-10-9-15(14-20(19)29-2)11-12-23-22(27)26-13-5-8-18(26)21-24-16-6-3-4-7-17(16)25-21/h3-4,6-7,9-10,14,18H,5,8,11-13H2,1-2H3,(H,23,27)(H,24,25)/t18-/m0/s1. The van der Waals surface area contributed by atoms with Crippen LogP contribution in [0.3, 0.4) is 0 Å². The number of aromatic amines is 1. The number of benzene rings is 2. The molecule has 0 saturated carbocycles. The van der Waals surface area contributed by atoms with Crippen molar-refractivity contribution in [1.29, 1.82) is 0 Å². The first-order valence-electron chi connectivity index (χ1n) is 9.89. The summed E-state index contributed by atoms with van der Waals surface area (Å²) in [5.41, 5.74) is 3.02. The van der Waals surface area contributed by atoms with E-state index in [2.05, 4.69) is 15.3 Å². The van der Waals surface area contributed by atoms with Gasteiger partial charge in [-0.15, -0.1) is 0 Å². The quantitative estimate of drug-likeness (QED) is 0.669. The maximum Gasteiger partial charge on any atom is 0.318 e. The predicted octanol–water partition coefficient (Wildman–Crippen LogP) is 3.67. The van der Waals surface area contributed by atoms with Crippen LogP contribution in [0.1, 0.15) is 30.3 Å². The van der Waals surface area contributed by atoms with Crippen LogP contribution in [-0.4, -0.2) is 48.2 Å². The fraction of sp³-hybridized carbons (Fsp3) is 0.364. The number of hydrogen-bond acceptors (Lipinski definition) is 4. The molecule has 0 bridgehead atoms. The molecule has 2 aromatic carbocycles. The Morgan fingerprint density at radius 3 is 2.83 bits per heavy atom. The number of urea groups is 1. The van der Waals surface area contributed by atoms with Gasteiger partial charge < -0.3 is 24.7 Å².